The van der Waals surface area contributed by atoms with Crippen LogP contribution in [0.2, 0.25) is 0 Å². The molecule has 0 saturated heterocycles. The smallest absolute Gasteiger partial charge is 0.309 e. The third kappa shape index (κ3) is 5.01. The average Bonchev–Trinajstić information content (AvgIpc) is 3.13. The van der Waals surface area contributed by atoms with Gasteiger partial charge in [0, 0.05) is 10.4 Å². The molecule has 2 amide bonds. The van der Waals surface area contributed by atoms with Crippen LogP contribution >= 0.6 is 22.7 Å². The standard InChI is InChI=1S/C16H18N2O3S2/c1-16(2,3)18-15(21)14(20)17-9-10-6-7-12(23-10)13(19)11-5-4-8-22-11/h4-8H,9H2,1-3H3,(H,17,20)(H,18,21). The van der Waals surface area contributed by atoms with Gasteiger partial charge in [0.05, 0.1) is 16.3 Å². The highest BCUT2D eigenvalue weighted by atomic mass is 32.1. The van der Waals surface area contributed by atoms with E-state index in [9.17, 15) is 14.4 Å². The molecule has 0 aliphatic carbocycles. The summed E-state index contributed by atoms with van der Waals surface area (Å²) in [6.07, 6.45) is 0. The molecule has 0 fully saturated rings. The molecule has 2 N–H and O–H groups in total. The summed E-state index contributed by atoms with van der Waals surface area (Å²) in [7, 11) is 0. The summed E-state index contributed by atoms with van der Waals surface area (Å²) in [6.45, 7) is 5.64. The van der Waals surface area contributed by atoms with E-state index in [-0.39, 0.29) is 12.3 Å². The van der Waals surface area contributed by atoms with Gasteiger partial charge in [0.15, 0.2) is 0 Å². The van der Waals surface area contributed by atoms with Crippen molar-refractivity contribution in [2.24, 2.45) is 0 Å². The number of rotatable bonds is 4. The van der Waals surface area contributed by atoms with E-state index in [2.05, 4.69) is 10.6 Å². The average molecular weight is 350 g/mol. The van der Waals surface area contributed by atoms with Crippen LogP contribution in [0.5, 0.6) is 0 Å². The van der Waals surface area contributed by atoms with Gasteiger partial charge in [0.25, 0.3) is 0 Å². The molecule has 23 heavy (non-hydrogen) atoms. The van der Waals surface area contributed by atoms with Crippen LogP contribution in [0.3, 0.4) is 0 Å². The van der Waals surface area contributed by atoms with Crippen molar-refractivity contribution < 1.29 is 14.4 Å². The van der Waals surface area contributed by atoms with Crippen molar-refractivity contribution in [3.63, 3.8) is 0 Å². The molecular formula is C16H18N2O3S2. The van der Waals surface area contributed by atoms with Crippen LogP contribution in [0.1, 0.15) is 40.2 Å². The Labute approximate surface area is 142 Å². The highest BCUT2D eigenvalue weighted by molar-refractivity contribution is 7.16. The second-order valence-corrected chi connectivity index (χ2v) is 8.08. The molecule has 2 rings (SSSR count). The zero-order valence-electron chi connectivity index (χ0n) is 13.1. The van der Waals surface area contributed by atoms with Crippen molar-refractivity contribution in [2.75, 3.05) is 0 Å². The normalized spacial score (nSPS) is 11.1. The molecule has 0 aromatic carbocycles. The number of carbonyl (C=O) groups is 3. The van der Waals surface area contributed by atoms with Gasteiger partial charge in [-0.2, -0.15) is 0 Å². The van der Waals surface area contributed by atoms with Gasteiger partial charge in [-0.25, -0.2) is 0 Å². The number of nitrogens with one attached hydrogen (secondary N) is 2. The van der Waals surface area contributed by atoms with Gasteiger partial charge in [-0.3, -0.25) is 14.4 Å². The Morgan fingerprint density at radius 1 is 1.04 bits per heavy atom. The first-order valence-electron chi connectivity index (χ1n) is 7.03. The lowest BCUT2D eigenvalue weighted by Crippen LogP contribution is -2.47. The van der Waals surface area contributed by atoms with Gasteiger partial charge in [-0.05, 0) is 44.4 Å². The van der Waals surface area contributed by atoms with Crippen LogP contribution < -0.4 is 10.6 Å². The fraction of sp³-hybridized carbons (Fsp3) is 0.312. The van der Waals surface area contributed by atoms with Crippen LogP contribution in [0, 0.1) is 0 Å². The van der Waals surface area contributed by atoms with E-state index in [1.807, 2.05) is 11.4 Å². The molecule has 0 radical (unpaired) electrons. The SMILES string of the molecule is CC(C)(C)NC(=O)C(=O)NCc1ccc(C(=O)c2cccs2)s1. The van der Waals surface area contributed by atoms with E-state index >= 15 is 0 Å². The van der Waals surface area contributed by atoms with Crippen LogP contribution in [0.15, 0.2) is 29.6 Å². The van der Waals surface area contributed by atoms with E-state index in [0.29, 0.717) is 9.75 Å². The zero-order chi connectivity index (χ0) is 17.0. The Morgan fingerprint density at radius 3 is 2.39 bits per heavy atom. The summed E-state index contributed by atoms with van der Waals surface area (Å²) in [5.74, 6) is -1.36. The Hall–Kier alpha value is -1.99. The first kappa shape index (κ1) is 17.4. The van der Waals surface area contributed by atoms with Crippen LogP contribution in [-0.4, -0.2) is 23.1 Å². The third-order valence-corrected chi connectivity index (χ3v) is 4.70. The highest BCUT2D eigenvalue weighted by Gasteiger charge is 2.20. The maximum atomic E-state index is 12.2. The van der Waals surface area contributed by atoms with Gasteiger partial charge in [-0.1, -0.05) is 6.07 Å². The molecular weight excluding hydrogens is 332 g/mol. The molecule has 2 aromatic rings. The molecule has 0 saturated carbocycles. The maximum absolute atomic E-state index is 12.2. The molecule has 0 aliphatic rings. The van der Waals surface area contributed by atoms with Gasteiger partial charge in [0.2, 0.25) is 5.78 Å². The minimum Gasteiger partial charge on any atom is -0.343 e. The summed E-state index contributed by atoms with van der Waals surface area (Å²) in [6, 6.07) is 7.14. The second kappa shape index (κ2) is 7.06. The molecule has 7 heteroatoms. The minimum absolute atomic E-state index is 0.0203. The second-order valence-electron chi connectivity index (χ2n) is 5.96. The van der Waals surface area contributed by atoms with Gasteiger partial charge >= 0.3 is 11.8 Å². The number of carbonyl (C=O) groups excluding carboxylic acids is 3. The summed E-state index contributed by atoms with van der Waals surface area (Å²) in [5.41, 5.74) is -0.461. The van der Waals surface area contributed by atoms with Crippen LogP contribution in [0.25, 0.3) is 0 Å². The van der Waals surface area contributed by atoms with E-state index in [4.69, 9.17) is 0 Å². The van der Waals surface area contributed by atoms with E-state index in [1.54, 1.807) is 39.0 Å². The van der Waals surface area contributed by atoms with Crippen molar-refractivity contribution in [3.05, 3.63) is 44.3 Å². The summed E-state index contributed by atoms with van der Waals surface area (Å²) < 4.78 is 0. The number of ketones is 1. The molecule has 0 spiro atoms. The van der Waals surface area contributed by atoms with Gasteiger partial charge in [-0.15, -0.1) is 22.7 Å². The first-order valence-corrected chi connectivity index (χ1v) is 8.73. The van der Waals surface area contributed by atoms with Gasteiger partial charge < -0.3 is 10.6 Å². The molecule has 0 bridgehead atoms. The molecule has 2 aromatic heterocycles. The van der Waals surface area contributed by atoms with Crippen molar-refractivity contribution in [1.29, 1.82) is 0 Å². The fourth-order valence-corrected chi connectivity index (χ4v) is 3.41. The minimum atomic E-state index is -0.681. The zero-order valence-corrected chi connectivity index (χ0v) is 14.8. The summed E-state index contributed by atoms with van der Waals surface area (Å²) in [5, 5.41) is 7.01. The van der Waals surface area contributed by atoms with Crippen molar-refractivity contribution in [1.82, 2.24) is 10.6 Å². The Balaban J connectivity index is 1.91. The lowest BCUT2D eigenvalue weighted by atomic mass is 10.1. The quantitative estimate of drug-likeness (QED) is 0.657. The van der Waals surface area contributed by atoms with Crippen molar-refractivity contribution in [2.45, 2.75) is 32.9 Å². The largest absolute Gasteiger partial charge is 0.343 e. The molecule has 5 nitrogen and oxygen atoms in total. The molecule has 122 valence electrons. The van der Waals surface area contributed by atoms with Crippen LogP contribution in [0.4, 0.5) is 0 Å². The highest BCUT2D eigenvalue weighted by Crippen LogP contribution is 2.22. The van der Waals surface area contributed by atoms with Crippen LogP contribution in [-0.2, 0) is 16.1 Å². The topological polar surface area (TPSA) is 75.3 Å². The number of hydrogen-bond acceptors (Lipinski definition) is 5. The number of thiophene rings is 2. The lowest BCUT2D eigenvalue weighted by molar-refractivity contribution is -0.140. The Kier molecular flexibility index (Phi) is 5.33. The first-order chi connectivity index (χ1) is 10.8. The molecule has 0 aliphatic heterocycles. The Bertz CT molecular complexity index is 712. The Morgan fingerprint density at radius 2 is 1.78 bits per heavy atom. The van der Waals surface area contributed by atoms with E-state index in [1.165, 1.54) is 22.7 Å². The molecule has 2 heterocycles. The maximum Gasteiger partial charge on any atom is 0.309 e. The lowest BCUT2D eigenvalue weighted by Gasteiger charge is -2.19. The third-order valence-electron chi connectivity index (χ3n) is 2.75. The number of hydrogen-bond donors (Lipinski definition) is 2. The predicted molar refractivity (Wildman–Crippen MR) is 91.8 cm³/mol. The van der Waals surface area contributed by atoms with Crippen molar-refractivity contribution >= 4 is 40.3 Å². The summed E-state index contributed by atoms with van der Waals surface area (Å²) >= 11 is 2.71. The molecule has 0 unspecified atom stereocenters. The monoisotopic (exact) mass is 350 g/mol. The van der Waals surface area contributed by atoms with Crippen molar-refractivity contribution in [3.8, 4) is 0 Å². The summed E-state index contributed by atoms with van der Waals surface area (Å²) in [4.78, 5) is 37.7. The predicted octanol–water partition coefficient (Wildman–Crippen LogP) is 2.57. The molecule has 0 atom stereocenters. The number of amides is 2. The van der Waals surface area contributed by atoms with Gasteiger partial charge in [0.1, 0.15) is 0 Å². The van der Waals surface area contributed by atoms with E-state index < -0.39 is 17.4 Å². The van der Waals surface area contributed by atoms with E-state index in [0.717, 1.165) is 4.88 Å². The fourth-order valence-electron chi connectivity index (χ4n) is 1.77.